The molecule has 5 aromatic carbocycles. The van der Waals surface area contributed by atoms with Crippen LogP contribution in [0, 0.1) is 0 Å². The van der Waals surface area contributed by atoms with E-state index in [1.165, 1.54) is 0 Å². The Morgan fingerprint density at radius 3 is 1.79 bits per heavy atom. The van der Waals surface area contributed by atoms with Crippen molar-refractivity contribution >= 4 is 33.0 Å². The molecule has 6 heteroatoms. The van der Waals surface area contributed by atoms with E-state index in [-0.39, 0.29) is 0 Å². The van der Waals surface area contributed by atoms with Gasteiger partial charge in [-0.2, -0.15) is 0 Å². The Hall–Kier alpha value is -6.53. The zero-order valence-electron chi connectivity index (χ0n) is 25.1. The second-order valence-corrected chi connectivity index (χ2v) is 11.3. The molecule has 6 nitrogen and oxygen atoms in total. The molecule has 47 heavy (non-hydrogen) atoms. The highest BCUT2D eigenvalue weighted by Crippen LogP contribution is 2.37. The zero-order valence-corrected chi connectivity index (χ0v) is 25.1. The monoisotopic (exact) mass is 603 g/mol. The third-order valence-corrected chi connectivity index (χ3v) is 8.32. The average molecular weight is 604 g/mol. The van der Waals surface area contributed by atoms with Gasteiger partial charge < -0.3 is 4.42 Å². The third kappa shape index (κ3) is 4.89. The van der Waals surface area contributed by atoms with E-state index in [0.29, 0.717) is 17.5 Å². The topological polar surface area (TPSA) is 77.6 Å². The Balaban J connectivity index is 1.23. The summed E-state index contributed by atoms with van der Waals surface area (Å²) in [5, 5.41) is 2.02. The van der Waals surface area contributed by atoms with Gasteiger partial charge in [-0.1, -0.05) is 109 Å². The first-order chi connectivity index (χ1) is 23.3. The largest absolute Gasteiger partial charge is 0.454 e. The summed E-state index contributed by atoms with van der Waals surface area (Å²) < 4.78 is 6.07. The summed E-state index contributed by atoms with van der Waals surface area (Å²) in [5.41, 5.74) is 9.53. The predicted octanol–water partition coefficient (Wildman–Crippen LogP) is 10.0. The van der Waals surface area contributed by atoms with Gasteiger partial charge in [0.05, 0.1) is 16.9 Å². The van der Waals surface area contributed by atoms with Crippen LogP contribution in [0.4, 0.5) is 0 Å². The van der Waals surface area contributed by atoms with Crippen LogP contribution in [0.3, 0.4) is 0 Å². The van der Waals surface area contributed by atoms with Crippen molar-refractivity contribution in [3.8, 4) is 56.7 Å². The van der Waals surface area contributed by atoms with Gasteiger partial charge in [0, 0.05) is 33.0 Å². The normalized spacial score (nSPS) is 11.4. The second kappa shape index (κ2) is 11.1. The van der Waals surface area contributed by atoms with Crippen LogP contribution in [0.5, 0.6) is 0 Å². The first-order valence-electron chi connectivity index (χ1n) is 15.4. The molecule has 0 bridgehead atoms. The fraction of sp³-hybridized carbons (Fsp3) is 0. The number of fused-ring (bicyclic) bond motifs is 4. The molecule has 0 aliphatic carbocycles. The molecule has 0 atom stereocenters. The molecule has 9 rings (SSSR count). The highest BCUT2D eigenvalue weighted by atomic mass is 16.3. The summed E-state index contributed by atoms with van der Waals surface area (Å²) >= 11 is 0. The van der Waals surface area contributed by atoms with Crippen molar-refractivity contribution in [1.29, 1.82) is 0 Å². The summed E-state index contributed by atoms with van der Waals surface area (Å²) in [6.07, 6.45) is 0. The summed E-state index contributed by atoms with van der Waals surface area (Å²) in [5.74, 6) is 1.84. The van der Waals surface area contributed by atoms with Crippen molar-refractivity contribution in [1.82, 2.24) is 24.9 Å². The van der Waals surface area contributed by atoms with Crippen LogP contribution in [0.15, 0.2) is 156 Å². The van der Waals surface area contributed by atoms with E-state index < -0.39 is 0 Å². The first-order valence-corrected chi connectivity index (χ1v) is 15.4. The van der Waals surface area contributed by atoms with Crippen molar-refractivity contribution in [3.05, 3.63) is 152 Å². The number of nitrogens with zero attached hydrogens (tertiary/aromatic N) is 5. The lowest BCUT2D eigenvalue weighted by Gasteiger charge is -2.13. The predicted molar refractivity (Wildman–Crippen MR) is 187 cm³/mol. The van der Waals surface area contributed by atoms with E-state index in [9.17, 15) is 0 Å². The third-order valence-electron chi connectivity index (χ3n) is 8.32. The van der Waals surface area contributed by atoms with Gasteiger partial charge in [-0.3, -0.25) is 0 Å². The van der Waals surface area contributed by atoms with Gasteiger partial charge in [0.15, 0.2) is 23.1 Å². The average Bonchev–Trinajstić information content (AvgIpc) is 3.53. The van der Waals surface area contributed by atoms with Crippen molar-refractivity contribution in [2.75, 3.05) is 0 Å². The Bertz CT molecular complexity index is 2520. The van der Waals surface area contributed by atoms with Gasteiger partial charge in [0.2, 0.25) is 0 Å². The summed E-state index contributed by atoms with van der Waals surface area (Å²) in [7, 11) is 0. The SMILES string of the molecule is c1ccc(-c2nc(-c3ccccc3)nc(-c3cccc(-c4cc5ccccc5nc4-c4ccc5oc6ccccc6c5n4)c3)n2)cc1. The minimum absolute atomic E-state index is 0.597. The first kappa shape index (κ1) is 26.8. The Morgan fingerprint density at radius 2 is 1.02 bits per heavy atom. The van der Waals surface area contributed by atoms with Crippen molar-refractivity contribution in [3.63, 3.8) is 0 Å². The fourth-order valence-electron chi connectivity index (χ4n) is 6.02. The van der Waals surface area contributed by atoms with E-state index in [4.69, 9.17) is 29.3 Å². The van der Waals surface area contributed by atoms with E-state index in [0.717, 1.165) is 72.2 Å². The quantitative estimate of drug-likeness (QED) is 0.195. The van der Waals surface area contributed by atoms with Crippen LogP contribution in [0.25, 0.3) is 89.7 Å². The maximum Gasteiger partial charge on any atom is 0.164 e. The number of aromatic nitrogens is 5. The maximum atomic E-state index is 6.07. The molecule has 0 radical (unpaired) electrons. The second-order valence-electron chi connectivity index (χ2n) is 11.3. The minimum atomic E-state index is 0.597. The number of hydrogen-bond donors (Lipinski definition) is 0. The molecule has 0 aliphatic rings. The van der Waals surface area contributed by atoms with E-state index in [1.807, 2.05) is 127 Å². The zero-order chi connectivity index (χ0) is 31.2. The highest BCUT2D eigenvalue weighted by molar-refractivity contribution is 6.03. The molecule has 4 aromatic heterocycles. The highest BCUT2D eigenvalue weighted by Gasteiger charge is 2.18. The van der Waals surface area contributed by atoms with E-state index in [1.54, 1.807) is 0 Å². The van der Waals surface area contributed by atoms with Crippen LogP contribution >= 0.6 is 0 Å². The van der Waals surface area contributed by atoms with Gasteiger partial charge in [0.25, 0.3) is 0 Å². The Morgan fingerprint density at radius 1 is 0.404 bits per heavy atom. The van der Waals surface area contributed by atoms with Crippen molar-refractivity contribution in [2.45, 2.75) is 0 Å². The summed E-state index contributed by atoms with van der Waals surface area (Å²) in [6.45, 7) is 0. The molecule has 9 aromatic rings. The van der Waals surface area contributed by atoms with Gasteiger partial charge >= 0.3 is 0 Å². The molecule has 0 fully saturated rings. The van der Waals surface area contributed by atoms with Crippen LogP contribution in [-0.2, 0) is 0 Å². The smallest absolute Gasteiger partial charge is 0.164 e. The number of hydrogen-bond acceptors (Lipinski definition) is 6. The molecule has 0 N–H and O–H groups in total. The standard InChI is InChI=1S/C41H25N5O/c1-3-12-26(13-4-1)39-44-40(27-14-5-2-6-15-27)46-41(45-39)30-18-11-17-28(24-30)32-25-29-16-7-9-20-33(29)42-37(32)34-22-23-36-38(43-34)31-19-8-10-21-35(31)47-36/h1-25H. The number of benzene rings is 5. The van der Waals surface area contributed by atoms with Gasteiger partial charge in [-0.25, -0.2) is 24.9 Å². The van der Waals surface area contributed by atoms with Crippen LogP contribution in [0.2, 0.25) is 0 Å². The van der Waals surface area contributed by atoms with Gasteiger partial charge in [-0.05, 0) is 48.0 Å². The summed E-state index contributed by atoms with van der Waals surface area (Å²) in [4.78, 5) is 25.1. The maximum absolute atomic E-state index is 6.07. The number of rotatable bonds is 5. The van der Waals surface area contributed by atoms with Gasteiger partial charge in [-0.15, -0.1) is 0 Å². The lowest BCUT2D eigenvalue weighted by molar-refractivity contribution is 0.668. The molecule has 0 aliphatic heterocycles. The fourth-order valence-corrected chi connectivity index (χ4v) is 6.02. The molecule has 220 valence electrons. The number of pyridine rings is 2. The Kier molecular flexibility index (Phi) is 6.35. The Labute approximate surface area is 270 Å². The molecule has 0 saturated heterocycles. The molecular formula is C41H25N5O. The van der Waals surface area contributed by atoms with Crippen LogP contribution in [0.1, 0.15) is 0 Å². The lowest BCUT2D eigenvalue weighted by atomic mass is 9.97. The number of para-hydroxylation sites is 2. The van der Waals surface area contributed by atoms with Crippen molar-refractivity contribution < 1.29 is 4.42 Å². The molecule has 0 amide bonds. The molecule has 0 unspecified atom stereocenters. The molecule has 4 heterocycles. The molecule has 0 saturated carbocycles. The minimum Gasteiger partial charge on any atom is -0.454 e. The summed E-state index contributed by atoms with van der Waals surface area (Å²) in [6, 6.07) is 50.6. The van der Waals surface area contributed by atoms with Crippen molar-refractivity contribution in [2.24, 2.45) is 0 Å². The van der Waals surface area contributed by atoms with Crippen LogP contribution in [-0.4, -0.2) is 24.9 Å². The van der Waals surface area contributed by atoms with Crippen LogP contribution < -0.4 is 0 Å². The van der Waals surface area contributed by atoms with E-state index >= 15 is 0 Å². The lowest BCUT2D eigenvalue weighted by Crippen LogP contribution is -2.00. The molecule has 0 spiro atoms. The van der Waals surface area contributed by atoms with E-state index in [2.05, 4.69) is 24.3 Å². The number of furan rings is 1. The van der Waals surface area contributed by atoms with Gasteiger partial charge in [0.1, 0.15) is 11.1 Å². The molecular weight excluding hydrogens is 578 g/mol.